The van der Waals surface area contributed by atoms with Gasteiger partial charge in [-0.25, -0.2) is 4.68 Å². The van der Waals surface area contributed by atoms with Crippen molar-refractivity contribution in [1.82, 2.24) is 20.0 Å². The van der Waals surface area contributed by atoms with Crippen LogP contribution in [0.25, 0.3) is 16.7 Å². The number of aryl methyl sites for hydroxylation is 1. The Labute approximate surface area is 119 Å². The van der Waals surface area contributed by atoms with Gasteiger partial charge in [-0.15, -0.1) is 0 Å². The van der Waals surface area contributed by atoms with Crippen LogP contribution in [0.4, 0.5) is 5.82 Å². The van der Waals surface area contributed by atoms with E-state index in [0.717, 1.165) is 23.2 Å². The fourth-order valence-electron chi connectivity index (χ4n) is 2.07. The van der Waals surface area contributed by atoms with Gasteiger partial charge in [0, 0.05) is 5.02 Å². The number of aromatic nitrogens is 4. The second kappa shape index (κ2) is 4.43. The van der Waals surface area contributed by atoms with E-state index in [2.05, 4.69) is 15.3 Å². The Morgan fingerprint density at radius 2 is 2.16 bits per heavy atom. The SMILES string of the molecule is CCc1nn(-c2ccc(Cl)cc2Cl)c2n[nH]c(N)c12. The topological polar surface area (TPSA) is 72.5 Å². The second-order valence-corrected chi connectivity index (χ2v) is 4.99. The molecule has 2 aromatic heterocycles. The van der Waals surface area contributed by atoms with E-state index >= 15 is 0 Å². The van der Waals surface area contributed by atoms with E-state index in [-0.39, 0.29) is 0 Å². The first-order valence-corrected chi connectivity index (χ1v) is 6.54. The molecule has 0 saturated carbocycles. The van der Waals surface area contributed by atoms with Gasteiger partial charge in [-0.2, -0.15) is 10.2 Å². The van der Waals surface area contributed by atoms with Crippen LogP contribution in [0.1, 0.15) is 12.6 Å². The zero-order chi connectivity index (χ0) is 13.6. The highest BCUT2D eigenvalue weighted by molar-refractivity contribution is 6.35. The predicted octanol–water partition coefficient (Wildman–Crippen LogP) is 3.20. The predicted molar refractivity (Wildman–Crippen MR) is 77.0 cm³/mol. The number of hydrogen-bond donors (Lipinski definition) is 2. The number of anilines is 1. The summed E-state index contributed by atoms with van der Waals surface area (Å²) >= 11 is 12.1. The van der Waals surface area contributed by atoms with Crippen LogP contribution in [-0.4, -0.2) is 20.0 Å². The molecule has 98 valence electrons. The first-order chi connectivity index (χ1) is 9.11. The first kappa shape index (κ1) is 12.3. The van der Waals surface area contributed by atoms with Gasteiger partial charge in [0.05, 0.1) is 21.8 Å². The molecular weight excluding hydrogens is 285 g/mol. The average Bonchev–Trinajstić information content (AvgIpc) is 2.91. The average molecular weight is 296 g/mol. The number of nitrogens with zero attached hydrogens (tertiary/aromatic N) is 3. The molecule has 19 heavy (non-hydrogen) atoms. The summed E-state index contributed by atoms with van der Waals surface area (Å²) in [4.78, 5) is 0. The number of nitrogens with one attached hydrogen (secondary N) is 1. The number of rotatable bonds is 2. The largest absolute Gasteiger partial charge is 0.383 e. The zero-order valence-corrected chi connectivity index (χ0v) is 11.6. The maximum atomic E-state index is 6.21. The molecule has 0 atom stereocenters. The van der Waals surface area contributed by atoms with E-state index in [1.807, 2.05) is 6.92 Å². The van der Waals surface area contributed by atoms with Gasteiger partial charge in [-0.05, 0) is 24.6 Å². The number of aromatic amines is 1. The van der Waals surface area contributed by atoms with Crippen molar-refractivity contribution >= 4 is 40.1 Å². The molecular formula is C12H11Cl2N5. The van der Waals surface area contributed by atoms with Crippen LogP contribution in [0.5, 0.6) is 0 Å². The Bertz CT molecular complexity index is 759. The van der Waals surface area contributed by atoms with Crippen molar-refractivity contribution in [3.8, 4) is 5.69 Å². The molecule has 3 N–H and O–H groups in total. The Balaban J connectivity index is 2.30. The lowest BCUT2D eigenvalue weighted by molar-refractivity contribution is 0.844. The third-order valence-corrected chi connectivity index (χ3v) is 3.50. The lowest BCUT2D eigenvalue weighted by Gasteiger charge is -2.04. The van der Waals surface area contributed by atoms with Crippen molar-refractivity contribution < 1.29 is 0 Å². The summed E-state index contributed by atoms with van der Waals surface area (Å²) in [5, 5.41) is 13.4. The number of benzene rings is 1. The lowest BCUT2D eigenvalue weighted by atomic mass is 10.2. The number of fused-ring (bicyclic) bond motifs is 1. The molecule has 0 radical (unpaired) electrons. The minimum Gasteiger partial charge on any atom is -0.383 e. The highest BCUT2D eigenvalue weighted by Gasteiger charge is 2.17. The molecule has 3 rings (SSSR count). The molecule has 7 heteroatoms. The van der Waals surface area contributed by atoms with Crippen molar-refractivity contribution in [2.45, 2.75) is 13.3 Å². The highest BCUT2D eigenvalue weighted by atomic mass is 35.5. The maximum absolute atomic E-state index is 6.21. The third kappa shape index (κ3) is 1.86. The first-order valence-electron chi connectivity index (χ1n) is 5.78. The smallest absolute Gasteiger partial charge is 0.186 e. The van der Waals surface area contributed by atoms with Crippen LogP contribution < -0.4 is 5.73 Å². The quantitative estimate of drug-likeness (QED) is 0.762. The van der Waals surface area contributed by atoms with E-state index in [4.69, 9.17) is 28.9 Å². The van der Waals surface area contributed by atoms with E-state index in [0.29, 0.717) is 21.5 Å². The summed E-state index contributed by atoms with van der Waals surface area (Å²) in [5.74, 6) is 0.517. The summed E-state index contributed by atoms with van der Waals surface area (Å²) in [6.07, 6.45) is 0.762. The Morgan fingerprint density at radius 1 is 1.37 bits per heavy atom. The molecule has 5 nitrogen and oxygen atoms in total. The normalized spacial score (nSPS) is 11.3. The molecule has 0 spiro atoms. The Morgan fingerprint density at radius 3 is 2.84 bits per heavy atom. The van der Waals surface area contributed by atoms with Crippen LogP contribution in [0.2, 0.25) is 10.0 Å². The Hall–Kier alpha value is -1.72. The summed E-state index contributed by atoms with van der Waals surface area (Å²) in [6.45, 7) is 2.02. The molecule has 0 unspecified atom stereocenters. The molecule has 3 aromatic rings. The molecule has 0 aliphatic rings. The third-order valence-electron chi connectivity index (χ3n) is 2.96. The van der Waals surface area contributed by atoms with Gasteiger partial charge in [0.15, 0.2) is 5.65 Å². The molecule has 0 aliphatic carbocycles. The minimum absolute atomic E-state index is 0.515. The number of nitrogen functional groups attached to an aromatic ring is 1. The maximum Gasteiger partial charge on any atom is 0.186 e. The van der Waals surface area contributed by atoms with Gasteiger partial charge in [-0.1, -0.05) is 30.1 Å². The second-order valence-electron chi connectivity index (χ2n) is 4.14. The molecule has 2 heterocycles. The number of halogens is 2. The van der Waals surface area contributed by atoms with E-state index in [9.17, 15) is 0 Å². The zero-order valence-electron chi connectivity index (χ0n) is 10.1. The molecule has 0 bridgehead atoms. The molecule has 0 amide bonds. The van der Waals surface area contributed by atoms with Crippen LogP contribution in [0.3, 0.4) is 0 Å². The summed E-state index contributed by atoms with van der Waals surface area (Å²) in [6, 6.07) is 5.24. The van der Waals surface area contributed by atoms with Crippen LogP contribution >= 0.6 is 23.2 Å². The standard InChI is InChI=1S/C12H11Cl2N5/c1-2-8-10-11(15)16-17-12(10)19(18-8)9-4-3-6(13)5-7(9)14/h3-5H,2H2,1H3,(H3,15,16,17). The number of H-pyrrole nitrogens is 1. The van der Waals surface area contributed by atoms with Gasteiger partial charge < -0.3 is 5.73 Å². The van der Waals surface area contributed by atoms with Crippen molar-refractivity contribution in [2.24, 2.45) is 0 Å². The monoisotopic (exact) mass is 295 g/mol. The fraction of sp³-hybridized carbons (Fsp3) is 0.167. The van der Waals surface area contributed by atoms with Crippen LogP contribution in [0, 0.1) is 0 Å². The van der Waals surface area contributed by atoms with Crippen molar-refractivity contribution in [2.75, 3.05) is 5.73 Å². The number of nitrogens with two attached hydrogens (primary N) is 1. The molecule has 0 fully saturated rings. The van der Waals surface area contributed by atoms with E-state index in [1.54, 1.807) is 22.9 Å². The van der Waals surface area contributed by atoms with Gasteiger partial charge in [-0.3, -0.25) is 5.10 Å². The van der Waals surface area contributed by atoms with Gasteiger partial charge >= 0.3 is 0 Å². The van der Waals surface area contributed by atoms with Crippen molar-refractivity contribution in [3.63, 3.8) is 0 Å². The van der Waals surface area contributed by atoms with Gasteiger partial charge in [0.25, 0.3) is 0 Å². The van der Waals surface area contributed by atoms with E-state index < -0.39 is 0 Å². The summed E-state index contributed by atoms with van der Waals surface area (Å²) < 4.78 is 1.68. The minimum atomic E-state index is 0.515. The summed E-state index contributed by atoms with van der Waals surface area (Å²) in [5.41, 5.74) is 8.15. The molecule has 0 saturated heterocycles. The van der Waals surface area contributed by atoms with E-state index in [1.165, 1.54) is 0 Å². The van der Waals surface area contributed by atoms with Crippen LogP contribution in [0.15, 0.2) is 18.2 Å². The van der Waals surface area contributed by atoms with Crippen LogP contribution in [-0.2, 0) is 6.42 Å². The summed E-state index contributed by atoms with van der Waals surface area (Å²) in [7, 11) is 0. The fourth-order valence-corrected chi connectivity index (χ4v) is 2.56. The lowest BCUT2D eigenvalue weighted by Crippen LogP contribution is -1.99. The molecule has 1 aromatic carbocycles. The van der Waals surface area contributed by atoms with Crippen molar-refractivity contribution in [1.29, 1.82) is 0 Å². The van der Waals surface area contributed by atoms with Crippen molar-refractivity contribution in [3.05, 3.63) is 33.9 Å². The molecule has 0 aliphatic heterocycles. The number of hydrogen-bond acceptors (Lipinski definition) is 3. The Kier molecular flexibility index (Phi) is 2.88. The van der Waals surface area contributed by atoms with Gasteiger partial charge in [0.1, 0.15) is 5.82 Å². The highest BCUT2D eigenvalue weighted by Crippen LogP contribution is 2.29. The van der Waals surface area contributed by atoms with Gasteiger partial charge in [0.2, 0.25) is 0 Å².